The van der Waals surface area contributed by atoms with Crippen molar-refractivity contribution in [2.24, 2.45) is 5.92 Å². The van der Waals surface area contributed by atoms with Gasteiger partial charge < -0.3 is 10.6 Å². The predicted molar refractivity (Wildman–Crippen MR) is 69.5 cm³/mol. The minimum Gasteiger partial charge on any atom is -0.388 e. The van der Waals surface area contributed by atoms with Crippen LogP contribution in [-0.2, 0) is 0 Å². The van der Waals surface area contributed by atoms with Gasteiger partial charge in [-0.15, -0.1) is 0 Å². The Morgan fingerprint density at radius 3 is 2.88 bits per heavy atom. The molecule has 0 bridgehead atoms. The van der Waals surface area contributed by atoms with Crippen LogP contribution in [0.4, 0.5) is 11.4 Å². The Balaban J connectivity index is 2.07. The zero-order valence-corrected chi connectivity index (χ0v) is 9.60. The maximum absolute atomic E-state index is 12.4. The van der Waals surface area contributed by atoms with E-state index in [0.717, 1.165) is 16.9 Å². The number of benzene rings is 1. The highest BCUT2D eigenvalue weighted by Crippen LogP contribution is 2.32. The third-order valence-corrected chi connectivity index (χ3v) is 3.33. The quantitative estimate of drug-likeness (QED) is 0.772. The molecule has 3 rings (SSSR count). The van der Waals surface area contributed by atoms with Crippen molar-refractivity contribution < 1.29 is 4.79 Å². The van der Waals surface area contributed by atoms with Crippen LogP contribution >= 0.6 is 0 Å². The van der Waals surface area contributed by atoms with E-state index < -0.39 is 0 Å². The molecule has 2 atom stereocenters. The van der Waals surface area contributed by atoms with E-state index in [-0.39, 0.29) is 17.7 Å². The molecule has 17 heavy (non-hydrogen) atoms. The summed E-state index contributed by atoms with van der Waals surface area (Å²) >= 11 is 0. The molecule has 1 heterocycles. The number of nitrogens with one attached hydrogen (secondary N) is 2. The van der Waals surface area contributed by atoms with Gasteiger partial charge in [0, 0.05) is 24.0 Å². The van der Waals surface area contributed by atoms with Gasteiger partial charge in [0.05, 0.1) is 12.0 Å². The number of hydrogen-bond donors (Lipinski definition) is 2. The zero-order chi connectivity index (χ0) is 11.8. The Bertz CT molecular complexity index is 531. The van der Waals surface area contributed by atoms with Crippen LogP contribution in [-0.4, -0.2) is 18.9 Å². The summed E-state index contributed by atoms with van der Waals surface area (Å²) in [6, 6.07) is 5.94. The second kappa shape index (κ2) is 3.77. The Labute approximate surface area is 100 Å². The lowest BCUT2D eigenvalue weighted by Gasteiger charge is -2.31. The normalized spacial score (nSPS) is 24.9. The van der Waals surface area contributed by atoms with Gasteiger partial charge in [-0.2, -0.15) is 0 Å². The van der Waals surface area contributed by atoms with Crippen molar-refractivity contribution in [3.8, 4) is 0 Å². The van der Waals surface area contributed by atoms with Crippen molar-refractivity contribution in [2.45, 2.75) is 6.04 Å². The van der Waals surface area contributed by atoms with Crippen LogP contribution in [0.1, 0.15) is 10.4 Å². The lowest BCUT2D eigenvalue weighted by atomic mass is 9.83. The molecule has 2 aliphatic rings. The molecule has 0 aromatic heterocycles. The van der Waals surface area contributed by atoms with Crippen LogP contribution in [0.25, 0.3) is 0 Å². The smallest absolute Gasteiger partial charge is 0.174 e. The molecular weight excluding hydrogens is 212 g/mol. The number of hydrogen-bond acceptors (Lipinski definition) is 3. The van der Waals surface area contributed by atoms with E-state index in [1.807, 2.05) is 49.6 Å². The second-order valence-electron chi connectivity index (χ2n) is 4.34. The molecule has 1 aromatic rings. The van der Waals surface area contributed by atoms with E-state index in [0.29, 0.717) is 0 Å². The number of ketones is 1. The average molecular weight is 226 g/mol. The lowest BCUT2D eigenvalue weighted by molar-refractivity contribution is 0.0936. The first-order valence-corrected chi connectivity index (χ1v) is 5.77. The molecule has 0 saturated heterocycles. The minimum atomic E-state index is -0.0698. The highest BCUT2D eigenvalue weighted by molar-refractivity contribution is 6.07. The summed E-state index contributed by atoms with van der Waals surface area (Å²) in [7, 11) is 1.86. The monoisotopic (exact) mass is 226 g/mol. The molecule has 1 aromatic carbocycles. The second-order valence-corrected chi connectivity index (χ2v) is 4.34. The van der Waals surface area contributed by atoms with Crippen LogP contribution in [0.15, 0.2) is 42.5 Å². The molecule has 0 saturated carbocycles. The van der Waals surface area contributed by atoms with Gasteiger partial charge in [-0.25, -0.2) is 0 Å². The molecule has 2 unspecified atom stereocenters. The first kappa shape index (κ1) is 10.1. The summed E-state index contributed by atoms with van der Waals surface area (Å²) in [5, 5.41) is 6.45. The summed E-state index contributed by atoms with van der Waals surface area (Å²) in [5.41, 5.74) is 2.67. The SMILES string of the molecule is CNc1ccc2c(c1)C(=O)C1C=CC=CC1N2. The van der Waals surface area contributed by atoms with Crippen LogP contribution in [0.5, 0.6) is 0 Å². The molecule has 0 radical (unpaired) electrons. The average Bonchev–Trinajstić information content (AvgIpc) is 2.39. The Kier molecular flexibility index (Phi) is 2.25. The third kappa shape index (κ3) is 1.55. The standard InChI is InChI=1S/C14H14N2O/c1-15-9-6-7-13-11(8-9)14(17)10-4-2-3-5-12(10)16-13/h2-8,10,12,15-16H,1H3. The number of allylic oxidation sites excluding steroid dienone is 2. The zero-order valence-electron chi connectivity index (χ0n) is 9.60. The van der Waals surface area contributed by atoms with Crippen LogP contribution in [0.3, 0.4) is 0 Å². The number of carbonyl (C=O) groups excluding carboxylic acids is 1. The summed E-state index contributed by atoms with van der Waals surface area (Å²) in [6.07, 6.45) is 7.93. The van der Waals surface area contributed by atoms with Gasteiger partial charge in [0.1, 0.15) is 0 Å². The predicted octanol–water partition coefficient (Wildman–Crippen LogP) is 2.45. The fourth-order valence-electron chi connectivity index (χ4n) is 2.38. The molecular formula is C14H14N2O. The largest absolute Gasteiger partial charge is 0.388 e. The number of rotatable bonds is 1. The first-order valence-electron chi connectivity index (χ1n) is 5.77. The number of fused-ring (bicyclic) bond motifs is 2. The Hall–Kier alpha value is -2.03. The Morgan fingerprint density at radius 2 is 2.06 bits per heavy atom. The van der Waals surface area contributed by atoms with E-state index in [9.17, 15) is 4.79 Å². The minimum absolute atomic E-state index is 0.0698. The molecule has 0 fully saturated rings. The summed E-state index contributed by atoms with van der Waals surface area (Å²) in [4.78, 5) is 12.4. The number of Topliss-reactive ketones (excluding diaryl/α,β-unsaturated/α-hetero) is 1. The third-order valence-electron chi connectivity index (χ3n) is 3.33. The topological polar surface area (TPSA) is 41.1 Å². The van der Waals surface area contributed by atoms with E-state index in [2.05, 4.69) is 10.6 Å². The van der Waals surface area contributed by atoms with E-state index in [1.54, 1.807) is 0 Å². The summed E-state index contributed by atoms with van der Waals surface area (Å²) in [6.45, 7) is 0. The molecule has 1 aliphatic heterocycles. The lowest BCUT2D eigenvalue weighted by Crippen LogP contribution is -2.38. The van der Waals surface area contributed by atoms with Crippen molar-refractivity contribution in [2.75, 3.05) is 17.7 Å². The van der Waals surface area contributed by atoms with Crippen molar-refractivity contribution in [1.82, 2.24) is 0 Å². The van der Waals surface area contributed by atoms with Crippen LogP contribution in [0, 0.1) is 5.92 Å². The van der Waals surface area contributed by atoms with Crippen LogP contribution < -0.4 is 10.6 Å². The maximum atomic E-state index is 12.4. The van der Waals surface area contributed by atoms with Crippen molar-refractivity contribution in [1.29, 1.82) is 0 Å². The fourth-order valence-corrected chi connectivity index (χ4v) is 2.38. The molecule has 3 heteroatoms. The fraction of sp³-hybridized carbons (Fsp3) is 0.214. The molecule has 2 N–H and O–H groups in total. The van der Waals surface area contributed by atoms with Gasteiger partial charge in [0.15, 0.2) is 5.78 Å². The first-order chi connectivity index (χ1) is 8.29. The summed E-state index contributed by atoms with van der Waals surface area (Å²) < 4.78 is 0. The number of carbonyl (C=O) groups is 1. The van der Waals surface area contributed by atoms with E-state index in [1.165, 1.54) is 0 Å². The van der Waals surface area contributed by atoms with Gasteiger partial charge in [-0.05, 0) is 18.2 Å². The Morgan fingerprint density at radius 1 is 1.24 bits per heavy atom. The van der Waals surface area contributed by atoms with Crippen molar-refractivity contribution >= 4 is 17.2 Å². The van der Waals surface area contributed by atoms with Gasteiger partial charge in [-0.1, -0.05) is 24.3 Å². The van der Waals surface area contributed by atoms with Gasteiger partial charge in [-0.3, -0.25) is 4.79 Å². The van der Waals surface area contributed by atoms with Crippen molar-refractivity contribution in [3.05, 3.63) is 48.1 Å². The van der Waals surface area contributed by atoms with Gasteiger partial charge >= 0.3 is 0 Å². The van der Waals surface area contributed by atoms with Gasteiger partial charge in [0.25, 0.3) is 0 Å². The molecule has 1 aliphatic carbocycles. The summed E-state index contributed by atoms with van der Waals surface area (Å²) in [5.74, 6) is 0.126. The van der Waals surface area contributed by atoms with E-state index in [4.69, 9.17) is 0 Å². The van der Waals surface area contributed by atoms with Crippen LogP contribution in [0.2, 0.25) is 0 Å². The van der Waals surface area contributed by atoms with Gasteiger partial charge in [0.2, 0.25) is 0 Å². The number of anilines is 2. The molecule has 0 amide bonds. The van der Waals surface area contributed by atoms with E-state index >= 15 is 0 Å². The molecule has 0 spiro atoms. The molecule has 3 nitrogen and oxygen atoms in total. The molecule has 86 valence electrons. The highest BCUT2D eigenvalue weighted by Gasteiger charge is 2.32. The maximum Gasteiger partial charge on any atom is 0.174 e. The highest BCUT2D eigenvalue weighted by atomic mass is 16.1. The van der Waals surface area contributed by atoms with Crippen molar-refractivity contribution in [3.63, 3.8) is 0 Å².